The first kappa shape index (κ1) is 11.7. The van der Waals surface area contributed by atoms with Crippen LogP contribution in [0.1, 0.15) is 46.0 Å². The van der Waals surface area contributed by atoms with Gasteiger partial charge in [0.05, 0.1) is 12.1 Å². The molecule has 0 heterocycles. The smallest absolute Gasteiger partial charge is 0.0957 e. The number of allylic oxidation sites excluding steroid dienone is 2. The topological polar surface area (TPSA) is 47.6 Å². The van der Waals surface area contributed by atoms with Crippen LogP contribution in [0.15, 0.2) is 11.1 Å². The Hall–Kier alpha value is -1.28. The summed E-state index contributed by atoms with van der Waals surface area (Å²) < 4.78 is 0. The minimum Gasteiger partial charge on any atom is -0.193 e. The fourth-order valence-electron chi connectivity index (χ4n) is 1.15. The van der Waals surface area contributed by atoms with Gasteiger partial charge in [0.2, 0.25) is 0 Å². The SMILES string of the molecule is CCCC/C(C#N)=C(/C#N)CCC. The summed E-state index contributed by atoms with van der Waals surface area (Å²) in [6.45, 7) is 4.10. The van der Waals surface area contributed by atoms with Gasteiger partial charge in [0.1, 0.15) is 0 Å². The molecule has 70 valence electrons. The van der Waals surface area contributed by atoms with Crippen LogP contribution in [0.5, 0.6) is 0 Å². The molecule has 0 rings (SSSR count). The molecule has 0 bridgehead atoms. The molecule has 0 spiro atoms. The minimum atomic E-state index is 0.679. The molecule has 2 nitrogen and oxygen atoms in total. The Labute approximate surface area is 80.5 Å². The van der Waals surface area contributed by atoms with Gasteiger partial charge in [-0.25, -0.2) is 0 Å². The molecule has 0 amide bonds. The standard InChI is InChI=1S/C11H16N2/c1-3-5-7-11(9-13)10(8-12)6-4-2/h3-7H2,1-2H3/b11-10-. The number of rotatable bonds is 5. The third-order valence-electron chi connectivity index (χ3n) is 1.91. The van der Waals surface area contributed by atoms with Crippen LogP contribution in [0, 0.1) is 22.7 Å². The van der Waals surface area contributed by atoms with Gasteiger partial charge >= 0.3 is 0 Å². The molecule has 0 aromatic carbocycles. The number of hydrogen-bond acceptors (Lipinski definition) is 2. The van der Waals surface area contributed by atoms with E-state index < -0.39 is 0 Å². The average molecular weight is 176 g/mol. The van der Waals surface area contributed by atoms with E-state index in [9.17, 15) is 0 Å². The number of nitrogens with zero attached hydrogens (tertiary/aromatic N) is 2. The van der Waals surface area contributed by atoms with Crippen molar-refractivity contribution in [2.45, 2.75) is 46.0 Å². The largest absolute Gasteiger partial charge is 0.193 e. The van der Waals surface area contributed by atoms with Crippen LogP contribution >= 0.6 is 0 Å². The van der Waals surface area contributed by atoms with Crippen molar-refractivity contribution in [1.29, 1.82) is 10.5 Å². The van der Waals surface area contributed by atoms with Crippen molar-refractivity contribution in [3.8, 4) is 12.1 Å². The summed E-state index contributed by atoms with van der Waals surface area (Å²) >= 11 is 0. The van der Waals surface area contributed by atoms with E-state index >= 15 is 0 Å². The van der Waals surface area contributed by atoms with E-state index in [1.54, 1.807) is 0 Å². The summed E-state index contributed by atoms with van der Waals surface area (Å²) in [6.07, 6.45) is 4.49. The highest BCUT2D eigenvalue weighted by molar-refractivity contribution is 5.36. The van der Waals surface area contributed by atoms with Crippen molar-refractivity contribution in [3.05, 3.63) is 11.1 Å². The van der Waals surface area contributed by atoms with Crippen LogP contribution in [0.25, 0.3) is 0 Å². The van der Waals surface area contributed by atoms with Gasteiger partial charge in [-0.05, 0) is 19.3 Å². The van der Waals surface area contributed by atoms with Gasteiger partial charge in [0, 0.05) is 11.1 Å². The summed E-state index contributed by atoms with van der Waals surface area (Å²) in [5.74, 6) is 0. The fourth-order valence-corrected chi connectivity index (χ4v) is 1.15. The van der Waals surface area contributed by atoms with Gasteiger partial charge in [-0.15, -0.1) is 0 Å². The maximum Gasteiger partial charge on any atom is 0.0957 e. The third-order valence-corrected chi connectivity index (χ3v) is 1.91. The molecule has 0 saturated carbocycles. The Kier molecular flexibility index (Phi) is 6.65. The van der Waals surface area contributed by atoms with Crippen molar-refractivity contribution >= 4 is 0 Å². The van der Waals surface area contributed by atoms with Crippen LogP contribution in [0.2, 0.25) is 0 Å². The molecule has 2 heteroatoms. The van der Waals surface area contributed by atoms with Crippen LogP contribution in [0.3, 0.4) is 0 Å². The third kappa shape index (κ3) is 4.33. The maximum atomic E-state index is 8.82. The predicted octanol–water partition coefficient (Wildman–Crippen LogP) is 3.32. The van der Waals surface area contributed by atoms with E-state index in [2.05, 4.69) is 19.1 Å². The Morgan fingerprint density at radius 3 is 1.85 bits per heavy atom. The first-order valence-electron chi connectivity index (χ1n) is 4.82. The second kappa shape index (κ2) is 7.37. The fraction of sp³-hybridized carbons (Fsp3) is 0.636. The maximum absolute atomic E-state index is 8.82. The van der Waals surface area contributed by atoms with E-state index in [1.165, 1.54) is 0 Å². The van der Waals surface area contributed by atoms with E-state index in [-0.39, 0.29) is 0 Å². The first-order valence-corrected chi connectivity index (χ1v) is 4.82. The van der Waals surface area contributed by atoms with Crippen molar-refractivity contribution in [3.63, 3.8) is 0 Å². The quantitative estimate of drug-likeness (QED) is 0.603. The molecule has 0 aliphatic rings. The zero-order valence-corrected chi connectivity index (χ0v) is 8.43. The molecule has 0 unspecified atom stereocenters. The van der Waals surface area contributed by atoms with E-state index in [0.717, 1.165) is 32.1 Å². The van der Waals surface area contributed by atoms with Crippen LogP contribution in [-0.2, 0) is 0 Å². The van der Waals surface area contributed by atoms with Gasteiger partial charge in [-0.2, -0.15) is 10.5 Å². The van der Waals surface area contributed by atoms with Gasteiger partial charge < -0.3 is 0 Å². The molecule has 0 radical (unpaired) electrons. The summed E-state index contributed by atoms with van der Waals surface area (Å²) in [4.78, 5) is 0. The van der Waals surface area contributed by atoms with E-state index in [1.807, 2.05) is 6.92 Å². The normalized spacial score (nSPS) is 11.4. The molecule has 0 saturated heterocycles. The Morgan fingerprint density at radius 1 is 0.923 bits per heavy atom. The summed E-state index contributed by atoms with van der Waals surface area (Å²) in [6, 6.07) is 4.25. The van der Waals surface area contributed by atoms with Crippen LogP contribution < -0.4 is 0 Å². The molecule has 0 aliphatic carbocycles. The molecule has 0 aromatic heterocycles. The van der Waals surface area contributed by atoms with Crippen molar-refractivity contribution in [2.75, 3.05) is 0 Å². The Balaban J connectivity index is 4.47. The van der Waals surface area contributed by atoms with Gasteiger partial charge in [0.15, 0.2) is 0 Å². The molecule has 13 heavy (non-hydrogen) atoms. The van der Waals surface area contributed by atoms with Gasteiger partial charge in [-0.1, -0.05) is 26.7 Å². The Morgan fingerprint density at radius 2 is 1.46 bits per heavy atom. The molecule has 0 fully saturated rings. The molecule has 0 N–H and O–H groups in total. The zero-order valence-electron chi connectivity index (χ0n) is 8.43. The highest BCUT2D eigenvalue weighted by Crippen LogP contribution is 2.15. The molecular formula is C11H16N2. The van der Waals surface area contributed by atoms with E-state index in [0.29, 0.717) is 11.1 Å². The lowest BCUT2D eigenvalue weighted by Gasteiger charge is -2.00. The highest BCUT2D eigenvalue weighted by Gasteiger charge is 2.04. The molecule has 0 aliphatic heterocycles. The summed E-state index contributed by atoms with van der Waals surface area (Å²) in [5.41, 5.74) is 1.37. The van der Waals surface area contributed by atoms with Crippen LogP contribution in [-0.4, -0.2) is 0 Å². The summed E-state index contributed by atoms with van der Waals surface area (Å²) in [5, 5.41) is 17.6. The van der Waals surface area contributed by atoms with Crippen molar-refractivity contribution in [1.82, 2.24) is 0 Å². The van der Waals surface area contributed by atoms with Gasteiger partial charge in [-0.3, -0.25) is 0 Å². The van der Waals surface area contributed by atoms with Gasteiger partial charge in [0.25, 0.3) is 0 Å². The predicted molar refractivity (Wildman–Crippen MR) is 52.7 cm³/mol. The number of unbranched alkanes of at least 4 members (excludes halogenated alkanes) is 1. The second-order valence-electron chi connectivity index (χ2n) is 3.03. The lowest BCUT2D eigenvalue weighted by Crippen LogP contribution is -1.88. The van der Waals surface area contributed by atoms with E-state index in [4.69, 9.17) is 10.5 Å². The average Bonchev–Trinajstić information content (AvgIpc) is 2.17. The van der Waals surface area contributed by atoms with Crippen LogP contribution in [0.4, 0.5) is 0 Å². The molecule has 0 atom stereocenters. The first-order chi connectivity index (χ1) is 6.29. The molecule has 0 aromatic rings. The van der Waals surface area contributed by atoms with Crippen molar-refractivity contribution < 1.29 is 0 Å². The Bertz CT molecular complexity index is 250. The number of hydrogen-bond donors (Lipinski definition) is 0. The summed E-state index contributed by atoms with van der Waals surface area (Å²) in [7, 11) is 0. The second-order valence-corrected chi connectivity index (χ2v) is 3.03. The number of nitriles is 2. The lowest BCUT2D eigenvalue weighted by atomic mass is 10.0. The lowest BCUT2D eigenvalue weighted by molar-refractivity contribution is 0.788. The molecular weight excluding hydrogens is 160 g/mol. The highest BCUT2D eigenvalue weighted by atomic mass is 14.3. The van der Waals surface area contributed by atoms with Crippen molar-refractivity contribution in [2.24, 2.45) is 0 Å². The monoisotopic (exact) mass is 176 g/mol. The zero-order chi connectivity index (χ0) is 10.1. The minimum absolute atomic E-state index is 0.679.